The number of hydrogen-bond donors (Lipinski definition) is 2. The molecule has 27 heavy (non-hydrogen) atoms. The second-order valence-electron chi connectivity index (χ2n) is 7.19. The monoisotopic (exact) mass is 370 g/mol. The number of carbonyl (C=O) groups excluding carboxylic acids is 1. The summed E-state index contributed by atoms with van der Waals surface area (Å²) in [5.74, 6) is 0.411. The molecule has 3 rings (SSSR count). The fourth-order valence-electron chi connectivity index (χ4n) is 3.63. The highest BCUT2D eigenvalue weighted by molar-refractivity contribution is 5.88. The highest BCUT2D eigenvalue weighted by Crippen LogP contribution is 2.25. The number of nitrogens with one attached hydrogen (secondary N) is 1. The number of nitrogens with zero attached hydrogens (tertiary/aromatic N) is 3. The van der Waals surface area contributed by atoms with Gasteiger partial charge in [-0.15, -0.1) is 0 Å². The minimum Gasteiger partial charge on any atom is -0.478 e. The molecule has 1 fully saturated rings. The van der Waals surface area contributed by atoms with Gasteiger partial charge in [0.15, 0.2) is 0 Å². The van der Waals surface area contributed by atoms with Crippen molar-refractivity contribution < 1.29 is 14.7 Å². The summed E-state index contributed by atoms with van der Waals surface area (Å²) >= 11 is 0. The Morgan fingerprint density at radius 1 is 1.37 bits per heavy atom. The SMILES string of the molecule is Cc1ccc(C(=O)O)cc1CNC(=O)CN1CCC[C@H](c2nccn2C)C1. The van der Waals surface area contributed by atoms with E-state index in [0.29, 0.717) is 19.0 Å². The van der Waals surface area contributed by atoms with Crippen molar-refractivity contribution in [2.24, 2.45) is 7.05 Å². The van der Waals surface area contributed by atoms with E-state index in [9.17, 15) is 9.59 Å². The first-order valence-electron chi connectivity index (χ1n) is 9.23. The molecule has 2 aromatic rings. The van der Waals surface area contributed by atoms with Crippen molar-refractivity contribution in [1.82, 2.24) is 19.8 Å². The van der Waals surface area contributed by atoms with Crippen LogP contribution in [0, 0.1) is 6.92 Å². The molecule has 1 saturated heterocycles. The number of aromatic carboxylic acids is 1. The largest absolute Gasteiger partial charge is 0.478 e. The minimum absolute atomic E-state index is 0.0457. The molecule has 1 amide bonds. The fourth-order valence-corrected chi connectivity index (χ4v) is 3.63. The Bertz CT molecular complexity index is 830. The number of aryl methyl sites for hydroxylation is 2. The van der Waals surface area contributed by atoms with E-state index < -0.39 is 5.97 Å². The molecule has 0 bridgehead atoms. The number of likely N-dealkylation sites (tertiary alicyclic amines) is 1. The van der Waals surface area contributed by atoms with Crippen molar-refractivity contribution in [2.45, 2.75) is 32.2 Å². The summed E-state index contributed by atoms with van der Waals surface area (Å²) in [5.41, 5.74) is 2.03. The van der Waals surface area contributed by atoms with Crippen LogP contribution in [0.2, 0.25) is 0 Å². The van der Waals surface area contributed by atoms with Gasteiger partial charge in [-0.2, -0.15) is 0 Å². The van der Waals surface area contributed by atoms with E-state index in [1.54, 1.807) is 18.2 Å². The lowest BCUT2D eigenvalue weighted by molar-refractivity contribution is -0.122. The van der Waals surface area contributed by atoms with Crippen LogP contribution in [0.3, 0.4) is 0 Å². The molecule has 2 N–H and O–H groups in total. The molecule has 0 saturated carbocycles. The van der Waals surface area contributed by atoms with E-state index in [-0.39, 0.29) is 11.5 Å². The number of carbonyl (C=O) groups is 2. The van der Waals surface area contributed by atoms with Crippen LogP contribution in [0.25, 0.3) is 0 Å². The van der Waals surface area contributed by atoms with Gasteiger partial charge >= 0.3 is 5.97 Å². The number of carboxylic acid groups (broad SMARTS) is 1. The Morgan fingerprint density at radius 3 is 2.89 bits per heavy atom. The quantitative estimate of drug-likeness (QED) is 0.811. The topological polar surface area (TPSA) is 87.5 Å². The Kier molecular flexibility index (Phi) is 5.91. The third-order valence-electron chi connectivity index (χ3n) is 5.17. The number of hydrogen-bond acceptors (Lipinski definition) is 4. The van der Waals surface area contributed by atoms with E-state index in [0.717, 1.165) is 42.9 Å². The fraction of sp³-hybridized carbons (Fsp3) is 0.450. The van der Waals surface area contributed by atoms with Crippen LogP contribution in [0.1, 0.15) is 46.1 Å². The number of carboxylic acids is 1. The molecule has 2 heterocycles. The van der Waals surface area contributed by atoms with Gasteiger partial charge in [0.1, 0.15) is 5.82 Å². The molecule has 7 heteroatoms. The summed E-state index contributed by atoms with van der Waals surface area (Å²) in [6.45, 7) is 4.32. The van der Waals surface area contributed by atoms with Crippen molar-refractivity contribution in [3.05, 3.63) is 53.1 Å². The van der Waals surface area contributed by atoms with Gasteiger partial charge in [0, 0.05) is 38.4 Å². The normalized spacial score (nSPS) is 17.6. The summed E-state index contributed by atoms with van der Waals surface area (Å²) in [6, 6.07) is 4.97. The number of amides is 1. The molecule has 1 aromatic heterocycles. The molecule has 144 valence electrons. The van der Waals surface area contributed by atoms with E-state index in [2.05, 4.69) is 15.2 Å². The first-order chi connectivity index (χ1) is 12.9. The Labute approximate surface area is 159 Å². The van der Waals surface area contributed by atoms with Crippen molar-refractivity contribution in [2.75, 3.05) is 19.6 Å². The summed E-state index contributed by atoms with van der Waals surface area (Å²) in [7, 11) is 2.00. The maximum Gasteiger partial charge on any atom is 0.335 e. The van der Waals surface area contributed by atoms with Crippen LogP contribution in [0.5, 0.6) is 0 Å². The zero-order chi connectivity index (χ0) is 19.4. The van der Waals surface area contributed by atoms with Crippen LogP contribution >= 0.6 is 0 Å². The smallest absolute Gasteiger partial charge is 0.335 e. The summed E-state index contributed by atoms with van der Waals surface area (Å²) in [6.07, 6.45) is 5.90. The molecule has 0 spiro atoms. The Hall–Kier alpha value is -2.67. The number of benzene rings is 1. The third-order valence-corrected chi connectivity index (χ3v) is 5.17. The number of imidazole rings is 1. The molecule has 1 atom stereocenters. The predicted molar refractivity (Wildman–Crippen MR) is 102 cm³/mol. The summed E-state index contributed by atoms with van der Waals surface area (Å²) < 4.78 is 2.05. The van der Waals surface area contributed by atoms with Crippen LogP contribution in [-0.4, -0.2) is 51.1 Å². The minimum atomic E-state index is -0.962. The molecule has 0 aliphatic carbocycles. The average Bonchev–Trinajstić information content (AvgIpc) is 3.07. The lowest BCUT2D eigenvalue weighted by Gasteiger charge is -2.31. The van der Waals surface area contributed by atoms with Gasteiger partial charge in [0.25, 0.3) is 0 Å². The second kappa shape index (κ2) is 8.35. The maximum absolute atomic E-state index is 12.4. The first kappa shape index (κ1) is 19.1. The molecular formula is C20H26N4O3. The van der Waals surface area contributed by atoms with Crippen LogP contribution in [0.15, 0.2) is 30.6 Å². The van der Waals surface area contributed by atoms with E-state index in [1.807, 2.05) is 30.9 Å². The van der Waals surface area contributed by atoms with Gasteiger partial charge in [-0.1, -0.05) is 6.07 Å². The van der Waals surface area contributed by atoms with E-state index in [4.69, 9.17) is 5.11 Å². The summed E-state index contributed by atoms with van der Waals surface area (Å²) in [4.78, 5) is 30.1. The molecular weight excluding hydrogens is 344 g/mol. The van der Waals surface area contributed by atoms with Crippen molar-refractivity contribution in [3.8, 4) is 0 Å². The average molecular weight is 370 g/mol. The zero-order valence-electron chi connectivity index (χ0n) is 15.8. The van der Waals surface area contributed by atoms with Gasteiger partial charge < -0.3 is 15.0 Å². The first-order valence-corrected chi connectivity index (χ1v) is 9.23. The highest BCUT2D eigenvalue weighted by atomic mass is 16.4. The van der Waals surface area contributed by atoms with E-state index in [1.165, 1.54) is 0 Å². The van der Waals surface area contributed by atoms with Gasteiger partial charge in [-0.3, -0.25) is 9.69 Å². The van der Waals surface area contributed by atoms with Gasteiger partial charge in [-0.05, 0) is 49.6 Å². The van der Waals surface area contributed by atoms with Crippen molar-refractivity contribution in [3.63, 3.8) is 0 Å². The number of rotatable bonds is 6. The second-order valence-corrected chi connectivity index (χ2v) is 7.19. The highest BCUT2D eigenvalue weighted by Gasteiger charge is 2.25. The third kappa shape index (κ3) is 4.74. The van der Waals surface area contributed by atoms with Crippen molar-refractivity contribution >= 4 is 11.9 Å². The molecule has 1 aliphatic heterocycles. The van der Waals surface area contributed by atoms with Gasteiger partial charge in [0.05, 0.1) is 12.1 Å². The van der Waals surface area contributed by atoms with Crippen molar-refractivity contribution in [1.29, 1.82) is 0 Å². The van der Waals surface area contributed by atoms with Crippen LogP contribution in [0.4, 0.5) is 0 Å². The van der Waals surface area contributed by atoms with Crippen LogP contribution in [-0.2, 0) is 18.4 Å². The van der Waals surface area contributed by atoms with E-state index >= 15 is 0 Å². The van der Waals surface area contributed by atoms with Gasteiger partial charge in [-0.25, -0.2) is 9.78 Å². The summed E-state index contributed by atoms with van der Waals surface area (Å²) in [5, 5.41) is 12.0. The lowest BCUT2D eigenvalue weighted by atomic mass is 9.97. The number of aromatic nitrogens is 2. The molecule has 0 radical (unpaired) electrons. The molecule has 1 aromatic carbocycles. The Morgan fingerprint density at radius 2 is 2.19 bits per heavy atom. The predicted octanol–water partition coefficient (Wildman–Crippen LogP) is 1.92. The standard InChI is InChI=1S/C20H26N4O3/c1-14-5-6-15(20(26)27)10-17(14)11-22-18(25)13-24-8-3-4-16(12-24)19-21-7-9-23(19)2/h5-7,9-10,16H,3-4,8,11-13H2,1-2H3,(H,22,25)(H,26,27)/t16-/m0/s1. The number of piperidine rings is 1. The molecule has 1 aliphatic rings. The molecule has 0 unspecified atom stereocenters. The van der Waals surface area contributed by atoms with Gasteiger partial charge in [0.2, 0.25) is 5.91 Å². The Balaban J connectivity index is 1.54. The maximum atomic E-state index is 12.4. The lowest BCUT2D eigenvalue weighted by Crippen LogP contribution is -2.42. The zero-order valence-corrected chi connectivity index (χ0v) is 15.8. The molecule has 7 nitrogen and oxygen atoms in total. The van der Waals surface area contributed by atoms with Crippen LogP contribution < -0.4 is 5.32 Å².